The zero-order valence-electron chi connectivity index (χ0n) is 14.1. The van der Waals surface area contributed by atoms with Crippen LogP contribution in [0.5, 0.6) is 5.75 Å². The van der Waals surface area contributed by atoms with E-state index in [9.17, 15) is 0 Å². The monoisotopic (exact) mass is 297 g/mol. The molecule has 0 saturated heterocycles. The summed E-state index contributed by atoms with van der Waals surface area (Å²) in [7, 11) is 0. The van der Waals surface area contributed by atoms with E-state index in [0.717, 1.165) is 17.7 Å². The zero-order valence-corrected chi connectivity index (χ0v) is 14.1. The maximum absolute atomic E-state index is 6.31. The van der Waals surface area contributed by atoms with Crippen molar-refractivity contribution in [1.82, 2.24) is 0 Å². The molecular weight excluding hydrogens is 270 g/mol. The van der Waals surface area contributed by atoms with E-state index < -0.39 is 0 Å². The average molecular weight is 297 g/mol. The molecule has 2 heteroatoms. The van der Waals surface area contributed by atoms with Crippen molar-refractivity contribution in [2.24, 2.45) is 11.7 Å². The first-order valence-electron chi connectivity index (χ1n) is 7.95. The standard InChI is InChI=1S/C20H27NO/c1-15(2)13-20(4,21)14-22-19-11-10-18(12-16(19)3)17-8-6-5-7-9-17/h5-12,15H,13-14,21H2,1-4H3. The SMILES string of the molecule is Cc1cc(-c2ccccc2)ccc1OCC(C)(N)CC(C)C. The van der Waals surface area contributed by atoms with E-state index in [1.54, 1.807) is 0 Å². The van der Waals surface area contributed by atoms with Gasteiger partial charge in [0.1, 0.15) is 12.4 Å². The number of aryl methyl sites for hydroxylation is 1. The van der Waals surface area contributed by atoms with Gasteiger partial charge in [-0.1, -0.05) is 50.2 Å². The topological polar surface area (TPSA) is 35.2 Å². The summed E-state index contributed by atoms with van der Waals surface area (Å²) in [6.07, 6.45) is 0.953. The third-order valence-corrected chi connectivity index (χ3v) is 3.71. The molecule has 0 aliphatic rings. The first-order valence-corrected chi connectivity index (χ1v) is 7.95. The Morgan fingerprint density at radius 1 is 1.05 bits per heavy atom. The van der Waals surface area contributed by atoms with Crippen molar-refractivity contribution in [3.8, 4) is 16.9 Å². The minimum Gasteiger partial charge on any atom is -0.491 e. The predicted octanol–water partition coefficient (Wildman–Crippen LogP) is 4.80. The van der Waals surface area contributed by atoms with Crippen molar-refractivity contribution in [2.75, 3.05) is 6.61 Å². The predicted molar refractivity (Wildman–Crippen MR) is 94.2 cm³/mol. The molecule has 0 amide bonds. The highest BCUT2D eigenvalue weighted by Gasteiger charge is 2.21. The van der Waals surface area contributed by atoms with Crippen LogP contribution in [-0.2, 0) is 0 Å². The smallest absolute Gasteiger partial charge is 0.122 e. The zero-order chi connectivity index (χ0) is 16.2. The van der Waals surface area contributed by atoms with E-state index >= 15 is 0 Å². The van der Waals surface area contributed by atoms with E-state index in [-0.39, 0.29) is 5.54 Å². The van der Waals surface area contributed by atoms with Crippen LogP contribution in [0.15, 0.2) is 48.5 Å². The lowest BCUT2D eigenvalue weighted by atomic mass is 9.93. The van der Waals surface area contributed by atoms with Crippen LogP contribution in [-0.4, -0.2) is 12.1 Å². The molecule has 0 aliphatic carbocycles. The first-order chi connectivity index (χ1) is 10.4. The van der Waals surface area contributed by atoms with Crippen molar-refractivity contribution in [1.29, 1.82) is 0 Å². The van der Waals surface area contributed by atoms with E-state index in [1.807, 2.05) is 12.1 Å². The molecule has 2 nitrogen and oxygen atoms in total. The van der Waals surface area contributed by atoms with Gasteiger partial charge in [-0.3, -0.25) is 0 Å². The molecule has 1 atom stereocenters. The highest BCUT2D eigenvalue weighted by atomic mass is 16.5. The van der Waals surface area contributed by atoms with Gasteiger partial charge in [-0.25, -0.2) is 0 Å². The lowest BCUT2D eigenvalue weighted by Crippen LogP contribution is -2.43. The summed E-state index contributed by atoms with van der Waals surface area (Å²) in [4.78, 5) is 0. The number of ether oxygens (including phenoxy) is 1. The molecule has 2 aromatic carbocycles. The molecule has 0 radical (unpaired) electrons. The Balaban J connectivity index is 2.08. The Bertz CT molecular complexity index is 602. The molecule has 0 spiro atoms. The van der Waals surface area contributed by atoms with Crippen molar-refractivity contribution >= 4 is 0 Å². The van der Waals surface area contributed by atoms with Gasteiger partial charge in [0.25, 0.3) is 0 Å². The second kappa shape index (κ2) is 6.97. The van der Waals surface area contributed by atoms with Crippen LogP contribution >= 0.6 is 0 Å². The van der Waals surface area contributed by atoms with Gasteiger partial charge in [0.15, 0.2) is 0 Å². The summed E-state index contributed by atoms with van der Waals surface area (Å²) >= 11 is 0. The fraction of sp³-hybridized carbons (Fsp3) is 0.400. The molecule has 0 bridgehead atoms. The molecule has 0 aliphatic heterocycles. The normalized spacial score (nSPS) is 13.9. The number of hydrogen-bond acceptors (Lipinski definition) is 2. The van der Waals surface area contributed by atoms with Gasteiger partial charge in [0, 0.05) is 5.54 Å². The van der Waals surface area contributed by atoms with Crippen LogP contribution in [0.2, 0.25) is 0 Å². The van der Waals surface area contributed by atoms with Crippen molar-refractivity contribution < 1.29 is 4.74 Å². The first kappa shape index (κ1) is 16.6. The fourth-order valence-electron chi connectivity index (χ4n) is 2.86. The van der Waals surface area contributed by atoms with Crippen LogP contribution in [0.4, 0.5) is 0 Å². The Labute approximate surface area is 134 Å². The number of rotatable bonds is 6. The highest BCUT2D eigenvalue weighted by molar-refractivity contribution is 5.65. The van der Waals surface area contributed by atoms with Crippen LogP contribution < -0.4 is 10.5 Å². The summed E-state index contributed by atoms with van der Waals surface area (Å²) in [5.74, 6) is 1.49. The van der Waals surface area contributed by atoms with Crippen LogP contribution in [0.25, 0.3) is 11.1 Å². The Hall–Kier alpha value is -1.80. The van der Waals surface area contributed by atoms with Gasteiger partial charge >= 0.3 is 0 Å². The second-order valence-electron chi connectivity index (χ2n) is 6.89. The number of benzene rings is 2. The molecular formula is C20H27NO. The molecule has 2 rings (SSSR count). The third-order valence-electron chi connectivity index (χ3n) is 3.71. The summed E-state index contributed by atoms with van der Waals surface area (Å²) in [5, 5.41) is 0. The van der Waals surface area contributed by atoms with Gasteiger partial charge < -0.3 is 10.5 Å². The minimum atomic E-state index is -0.293. The van der Waals surface area contributed by atoms with E-state index in [4.69, 9.17) is 10.5 Å². The van der Waals surface area contributed by atoms with E-state index in [2.05, 4.69) is 64.1 Å². The molecule has 1 unspecified atom stereocenters. The lowest BCUT2D eigenvalue weighted by molar-refractivity contribution is 0.206. The number of hydrogen-bond donors (Lipinski definition) is 1. The minimum absolute atomic E-state index is 0.293. The van der Waals surface area contributed by atoms with Crippen LogP contribution in [0.1, 0.15) is 32.8 Å². The maximum Gasteiger partial charge on any atom is 0.122 e. The van der Waals surface area contributed by atoms with Crippen molar-refractivity contribution in [3.63, 3.8) is 0 Å². The Morgan fingerprint density at radius 3 is 2.32 bits per heavy atom. The molecule has 0 aromatic heterocycles. The summed E-state index contributed by atoms with van der Waals surface area (Å²) in [6.45, 7) is 9.05. The highest BCUT2D eigenvalue weighted by Crippen LogP contribution is 2.27. The Morgan fingerprint density at radius 2 is 1.73 bits per heavy atom. The molecule has 2 N–H and O–H groups in total. The molecule has 0 heterocycles. The third kappa shape index (κ3) is 4.60. The van der Waals surface area contributed by atoms with Gasteiger partial charge in [-0.2, -0.15) is 0 Å². The van der Waals surface area contributed by atoms with Gasteiger partial charge in [-0.05, 0) is 55.0 Å². The van der Waals surface area contributed by atoms with Gasteiger partial charge in [0.2, 0.25) is 0 Å². The van der Waals surface area contributed by atoms with Crippen LogP contribution in [0, 0.1) is 12.8 Å². The quantitative estimate of drug-likeness (QED) is 0.831. The van der Waals surface area contributed by atoms with E-state index in [0.29, 0.717) is 12.5 Å². The van der Waals surface area contributed by atoms with Crippen molar-refractivity contribution in [2.45, 2.75) is 39.7 Å². The molecule has 22 heavy (non-hydrogen) atoms. The van der Waals surface area contributed by atoms with Crippen molar-refractivity contribution in [3.05, 3.63) is 54.1 Å². The van der Waals surface area contributed by atoms with Gasteiger partial charge in [-0.15, -0.1) is 0 Å². The molecule has 2 aromatic rings. The summed E-state index contributed by atoms with van der Waals surface area (Å²) in [6, 6.07) is 16.7. The second-order valence-corrected chi connectivity index (χ2v) is 6.89. The molecule has 118 valence electrons. The maximum atomic E-state index is 6.31. The van der Waals surface area contributed by atoms with Crippen LogP contribution in [0.3, 0.4) is 0 Å². The molecule has 0 fully saturated rings. The fourth-order valence-corrected chi connectivity index (χ4v) is 2.86. The number of nitrogens with two attached hydrogens (primary N) is 1. The largest absolute Gasteiger partial charge is 0.491 e. The average Bonchev–Trinajstić information content (AvgIpc) is 2.45. The summed E-state index contributed by atoms with van der Waals surface area (Å²) in [5.41, 5.74) is 9.59. The Kier molecular flexibility index (Phi) is 5.25. The van der Waals surface area contributed by atoms with E-state index in [1.165, 1.54) is 11.1 Å². The summed E-state index contributed by atoms with van der Waals surface area (Å²) < 4.78 is 5.97. The molecule has 0 saturated carbocycles. The lowest BCUT2D eigenvalue weighted by Gasteiger charge is -2.27. The van der Waals surface area contributed by atoms with Gasteiger partial charge in [0.05, 0.1) is 0 Å².